The molecule has 0 amide bonds. The van der Waals surface area contributed by atoms with E-state index in [2.05, 4.69) is 0 Å². The number of hydrogen-bond acceptors (Lipinski definition) is 6. The molecule has 2 rings (SSSR count). The molecule has 1 aliphatic carbocycles. The van der Waals surface area contributed by atoms with Crippen molar-refractivity contribution in [1.29, 1.82) is 5.26 Å². The highest BCUT2D eigenvalue weighted by molar-refractivity contribution is 5.97. The highest BCUT2D eigenvalue weighted by atomic mass is 16.6. The summed E-state index contributed by atoms with van der Waals surface area (Å²) in [6.07, 6.45) is 2.73. The molecular formula is C21H25NO5. The third-order valence-electron chi connectivity index (χ3n) is 4.90. The molecule has 0 saturated heterocycles. The molecule has 1 aliphatic rings. The van der Waals surface area contributed by atoms with Crippen molar-refractivity contribution < 1.29 is 23.9 Å². The molecule has 27 heavy (non-hydrogen) atoms. The van der Waals surface area contributed by atoms with Crippen molar-refractivity contribution in [3.63, 3.8) is 0 Å². The van der Waals surface area contributed by atoms with Gasteiger partial charge in [0.15, 0.2) is 5.92 Å². The molecule has 0 aromatic heterocycles. The monoisotopic (exact) mass is 371 g/mol. The van der Waals surface area contributed by atoms with E-state index < -0.39 is 29.7 Å². The van der Waals surface area contributed by atoms with Crippen LogP contribution in [0.15, 0.2) is 24.3 Å². The third-order valence-corrected chi connectivity index (χ3v) is 4.90. The van der Waals surface area contributed by atoms with Gasteiger partial charge >= 0.3 is 11.9 Å². The van der Waals surface area contributed by atoms with Crippen molar-refractivity contribution in [2.24, 2.45) is 11.8 Å². The number of esters is 2. The predicted octanol–water partition coefficient (Wildman–Crippen LogP) is 3.14. The lowest BCUT2D eigenvalue weighted by Gasteiger charge is -2.33. The lowest BCUT2D eigenvalue weighted by molar-refractivity contribution is -0.163. The fourth-order valence-electron chi connectivity index (χ4n) is 3.68. The van der Waals surface area contributed by atoms with E-state index in [4.69, 9.17) is 14.7 Å². The Morgan fingerprint density at radius 1 is 1.11 bits per heavy atom. The van der Waals surface area contributed by atoms with Crippen molar-refractivity contribution in [3.8, 4) is 6.07 Å². The van der Waals surface area contributed by atoms with Gasteiger partial charge in [-0.15, -0.1) is 0 Å². The van der Waals surface area contributed by atoms with E-state index in [-0.39, 0.29) is 19.0 Å². The molecule has 0 spiro atoms. The van der Waals surface area contributed by atoms with Crippen LogP contribution in [0.25, 0.3) is 0 Å². The quantitative estimate of drug-likeness (QED) is 0.540. The van der Waals surface area contributed by atoms with Crippen LogP contribution in [-0.4, -0.2) is 30.9 Å². The van der Waals surface area contributed by atoms with Crippen LogP contribution in [0.1, 0.15) is 56.6 Å². The van der Waals surface area contributed by atoms with Crippen molar-refractivity contribution >= 4 is 17.7 Å². The van der Waals surface area contributed by atoms with Crippen LogP contribution in [0, 0.1) is 23.2 Å². The number of carbonyl (C=O) groups excluding carboxylic acids is 3. The molecule has 0 N–H and O–H groups in total. The van der Waals surface area contributed by atoms with Gasteiger partial charge in [-0.25, -0.2) is 0 Å². The van der Waals surface area contributed by atoms with Gasteiger partial charge < -0.3 is 9.47 Å². The number of carbonyl (C=O) groups is 3. The maximum Gasteiger partial charge on any atom is 0.320 e. The molecule has 0 heterocycles. The zero-order valence-corrected chi connectivity index (χ0v) is 15.8. The Morgan fingerprint density at radius 3 is 2.19 bits per heavy atom. The maximum absolute atomic E-state index is 12.7. The average Bonchev–Trinajstić information content (AvgIpc) is 2.67. The Morgan fingerprint density at radius 2 is 1.70 bits per heavy atom. The predicted molar refractivity (Wildman–Crippen MR) is 97.6 cm³/mol. The second-order valence-corrected chi connectivity index (χ2v) is 6.56. The SMILES string of the molecule is CCOC(=O)C(C(=O)OCC)[C@@H](c1ccc(C#N)cc1)[C@@H]1CCCCC1=O. The average molecular weight is 371 g/mol. The highest BCUT2D eigenvalue weighted by Gasteiger charge is 2.45. The van der Waals surface area contributed by atoms with Gasteiger partial charge in [-0.05, 0) is 44.4 Å². The number of nitrogens with zero attached hydrogens (tertiary/aromatic N) is 1. The number of hydrogen-bond donors (Lipinski definition) is 0. The fourth-order valence-corrected chi connectivity index (χ4v) is 3.68. The first-order valence-electron chi connectivity index (χ1n) is 9.39. The van der Waals surface area contributed by atoms with E-state index in [0.717, 1.165) is 12.8 Å². The highest BCUT2D eigenvalue weighted by Crippen LogP contribution is 2.40. The van der Waals surface area contributed by atoms with Crippen LogP contribution in [0.2, 0.25) is 0 Å². The Hall–Kier alpha value is -2.68. The van der Waals surface area contributed by atoms with Gasteiger partial charge in [-0.1, -0.05) is 18.6 Å². The van der Waals surface area contributed by atoms with Gasteiger partial charge in [0.2, 0.25) is 0 Å². The van der Waals surface area contributed by atoms with Crippen molar-refractivity contribution in [2.75, 3.05) is 13.2 Å². The van der Waals surface area contributed by atoms with Gasteiger partial charge in [0.05, 0.1) is 24.8 Å². The van der Waals surface area contributed by atoms with Crippen LogP contribution in [0.5, 0.6) is 0 Å². The molecular weight excluding hydrogens is 346 g/mol. The summed E-state index contributed by atoms with van der Waals surface area (Å²) in [4.78, 5) is 38.0. The molecule has 0 aliphatic heterocycles. The molecule has 6 heteroatoms. The molecule has 1 aromatic rings. The first kappa shape index (κ1) is 20.6. The molecule has 0 unspecified atom stereocenters. The molecule has 0 radical (unpaired) electrons. The van der Waals surface area contributed by atoms with Crippen molar-refractivity contribution in [2.45, 2.75) is 45.4 Å². The number of benzene rings is 1. The minimum absolute atomic E-state index is 0.0502. The Balaban J connectivity index is 2.51. The zero-order chi connectivity index (χ0) is 19.8. The second-order valence-electron chi connectivity index (χ2n) is 6.56. The summed E-state index contributed by atoms with van der Waals surface area (Å²) in [5, 5.41) is 9.03. The van der Waals surface area contributed by atoms with E-state index in [1.165, 1.54) is 0 Å². The lowest BCUT2D eigenvalue weighted by Crippen LogP contribution is -2.39. The minimum atomic E-state index is -1.20. The molecule has 2 atom stereocenters. The van der Waals surface area contributed by atoms with Crippen molar-refractivity contribution in [1.82, 2.24) is 0 Å². The van der Waals surface area contributed by atoms with Gasteiger partial charge in [0.25, 0.3) is 0 Å². The summed E-state index contributed by atoms with van der Waals surface area (Å²) in [6.45, 7) is 3.60. The number of ketones is 1. The number of nitriles is 1. The van der Waals surface area contributed by atoms with Crippen LogP contribution in [0.3, 0.4) is 0 Å². The summed E-state index contributed by atoms with van der Waals surface area (Å²) < 4.78 is 10.3. The largest absolute Gasteiger partial charge is 0.465 e. The van der Waals surface area contributed by atoms with E-state index in [9.17, 15) is 14.4 Å². The van der Waals surface area contributed by atoms with Crippen LogP contribution < -0.4 is 0 Å². The van der Waals surface area contributed by atoms with E-state index in [0.29, 0.717) is 24.0 Å². The molecule has 6 nitrogen and oxygen atoms in total. The summed E-state index contributed by atoms with van der Waals surface area (Å²) in [5.41, 5.74) is 1.14. The van der Waals surface area contributed by atoms with Crippen molar-refractivity contribution in [3.05, 3.63) is 35.4 Å². The number of Topliss-reactive ketones (excluding diaryl/α,β-unsaturated/α-hetero) is 1. The van der Waals surface area contributed by atoms with Gasteiger partial charge in [0.1, 0.15) is 5.78 Å². The fraction of sp³-hybridized carbons (Fsp3) is 0.524. The molecule has 1 saturated carbocycles. The Labute approximate surface area is 159 Å². The zero-order valence-electron chi connectivity index (χ0n) is 15.8. The minimum Gasteiger partial charge on any atom is -0.465 e. The first-order valence-corrected chi connectivity index (χ1v) is 9.39. The smallest absolute Gasteiger partial charge is 0.320 e. The molecule has 144 valence electrons. The van der Waals surface area contributed by atoms with Crippen LogP contribution in [0.4, 0.5) is 0 Å². The Bertz CT molecular complexity index is 701. The van der Waals surface area contributed by atoms with Gasteiger partial charge in [-0.3, -0.25) is 14.4 Å². The van der Waals surface area contributed by atoms with E-state index >= 15 is 0 Å². The molecule has 1 aromatic carbocycles. The van der Waals surface area contributed by atoms with Gasteiger partial charge in [0, 0.05) is 18.3 Å². The lowest BCUT2D eigenvalue weighted by atomic mass is 9.70. The third kappa shape index (κ3) is 4.94. The summed E-state index contributed by atoms with van der Waals surface area (Å²) in [6, 6.07) is 8.71. The summed E-state index contributed by atoms with van der Waals surface area (Å²) in [7, 11) is 0. The second kappa shape index (κ2) is 9.86. The van der Waals surface area contributed by atoms with E-state index in [1.807, 2.05) is 6.07 Å². The van der Waals surface area contributed by atoms with Crippen LogP contribution in [-0.2, 0) is 23.9 Å². The topological polar surface area (TPSA) is 93.5 Å². The number of ether oxygens (including phenoxy) is 2. The molecule has 1 fully saturated rings. The summed E-state index contributed by atoms with van der Waals surface area (Å²) in [5.74, 6) is -3.62. The van der Waals surface area contributed by atoms with Gasteiger partial charge in [-0.2, -0.15) is 5.26 Å². The summed E-state index contributed by atoms with van der Waals surface area (Å²) >= 11 is 0. The van der Waals surface area contributed by atoms with E-state index in [1.54, 1.807) is 38.1 Å². The Kier molecular flexibility index (Phi) is 7.54. The normalized spacial score (nSPS) is 17.9. The first-order chi connectivity index (χ1) is 13.0. The molecule has 0 bridgehead atoms. The maximum atomic E-state index is 12.7. The van der Waals surface area contributed by atoms with Crippen LogP contribution >= 0.6 is 0 Å². The standard InChI is InChI=1S/C21H25NO5/c1-3-26-20(24)19(21(25)27-4-2)18(16-7-5-6-8-17(16)23)15-11-9-14(13-22)10-12-15/h9-12,16,18-19H,3-8H2,1-2H3/t16-,18+/m1/s1. The number of rotatable bonds is 7.